The van der Waals surface area contributed by atoms with Crippen LogP contribution in [0.2, 0.25) is 0 Å². The molecule has 148 valence electrons. The maximum absolute atomic E-state index is 12.1. The second kappa shape index (κ2) is 9.18. The van der Waals surface area contributed by atoms with E-state index in [1.54, 1.807) is 12.1 Å². The molecule has 0 atom stereocenters. The lowest BCUT2D eigenvalue weighted by Gasteiger charge is -2.35. The summed E-state index contributed by atoms with van der Waals surface area (Å²) in [4.78, 5) is 27.3. The van der Waals surface area contributed by atoms with Crippen LogP contribution in [0, 0.1) is 10.1 Å². The van der Waals surface area contributed by atoms with Gasteiger partial charge in [0.05, 0.1) is 11.5 Å². The largest absolute Gasteiger partial charge is 0.376 e. The number of likely N-dealkylation sites (N-methyl/N-ethyl adjacent to an activating group) is 1. The van der Waals surface area contributed by atoms with Crippen molar-refractivity contribution in [3.05, 3.63) is 58.6 Å². The maximum Gasteiger partial charge on any atom is 0.271 e. The summed E-state index contributed by atoms with van der Waals surface area (Å²) < 4.78 is 0. The Morgan fingerprint density at radius 1 is 1.07 bits per heavy atom. The number of non-ortho nitro benzene ring substituents is 1. The molecular weight excluding hydrogens is 358 g/mol. The molecule has 0 bridgehead atoms. The third-order valence-electron chi connectivity index (χ3n) is 4.85. The predicted octanol–water partition coefficient (Wildman–Crippen LogP) is 2.79. The van der Waals surface area contributed by atoms with Gasteiger partial charge < -0.3 is 20.4 Å². The topological polar surface area (TPSA) is 90.8 Å². The molecule has 0 radical (unpaired) electrons. The van der Waals surface area contributed by atoms with Gasteiger partial charge in [-0.3, -0.25) is 14.9 Å². The average molecular weight is 383 g/mol. The van der Waals surface area contributed by atoms with E-state index in [1.165, 1.54) is 12.1 Å². The summed E-state index contributed by atoms with van der Waals surface area (Å²) in [6.45, 7) is 7.45. The number of hydrogen-bond acceptors (Lipinski definition) is 6. The monoisotopic (exact) mass is 383 g/mol. The van der Waals surface area contributed by atoms with E-state index < -0.39 is 4.92 Å². The number of amides is 1. The number of nitro benzene ring substituents is 1. The smallest absolute Gasteiger partial charge is 0.271 e. The van der Waals surface area contributed by atoms with Crippen LogP contribution in [0.25, 0.3) is 0 Å². The minimum atomic E-state index is -0.463. The Morgan fingerprint density at radius 2 is 1.79 bits per heavy atom. The Bertz CT molecular complexity index is 817. The molecule has 2 N–H and O–H groups in total. The second-order valence-electron chi connectivity index (χ2n) is 6.68. The van der Waals surface area contributed by atoms with Crippen molar-refractivity contribution in [1.82, 2.24) is 4.90 Å². The summed E-state index contributed by atoms with van der Waals surface area (Å²) >= 11 is 0. The highest BCUT2D eigenvalue weighted by Crippen LogP contribution is 2.20. The van der Waals surface area contributed by atoms with Crippen LogP contribution in [0.3, 0.4) is 0 Å². The van der Waals surface area contributed by atoms with E-state index in [2.05, 4.69) is 27.4 Å². The van der Waals surface area contributed by atoms with Crippen LogP contribution in [-0.4, -0.2) is 55.0 Å². The van der Waals surface area contributed by atoms with Crippen molar-refractivity contribution in [3.8, 4) is 0 Å². The molecule has 0 unspecified atom stereocenters. The first-order chi connectivity index (χ1) is 13.5. The molecule has 0 aliphatic carbocycles. The van der Waals surface area contributed by atoms with E-state index in [4.69, 9.17) is 0 Å². The van der Waals surface area contributed by atoms with E-state index in [0.29, 0.717) is 5.69 Å². The summed E-state index contributed by atoms with van der Waals surface area (Å²) in [5.74, 6) is -0.212. The van der Waals surface area contributed by atoms with Crippen molar-refractivity contribution in [1.29, 1.82) is 0 Å². The van der Waals surface area contributed by atoms with E-state index in [9.17, 15) is 14.9 Å². The standard InChI is InChI=1S/C20H25N5O3/c1-2-23-10-12-24(13-11-23)18-8-6-16(7-9-18)22-20(26)15-21-17-4-3-5-19(14-17)25(27)28/h3-9,14,21H,2,10-13,15H2,1H3,(H,22,26). The molecule has 1 aliphatic heterocycles. The van der Waals surface area contributed by atoms with Crippen LogP contribution in [0.5, 0.6) is 0 Å². The van der Waals surface area contributed by atoms with Crippen LogP contribution in [0.15, 0.2) is 48.5 Å². The highest BCUT2D eigenvalue weighted by atomic mass is 16.6. The quantitative estimate of drug-likeness (QED) is 0.564. The van der Waals surface area contributed by atoms with Gasteiger partial charge >= 0.3 is 0 Å². The second-order valence-corrected chi connectivity index (χ2v) is 6.68. The zero-order chi connectivity index (χ0) is 19.9. The predicted molar refractivity (Wildman–Crippen MR) is 111 cm³/mol. The van der Waals surface area contributed by atoms with E-state index in [0.717, 1.165) is 44.1 Å². The third-order valence-corrected chi connectivity index (χ3v) is 4.85. The molecule has 8 nitrogen and oxygen atoms in total. The van der Waals surface area contributed by atoms with Crippen LogP contribution in [-0.2, 0) is 4.79 Å². The van der Waals surface area contributed by atoms with E-state index >= 15 is 0 Å². The normalized spacial score (nSPS) is 14.5. The van der Waals surface area contributed by atoms with Gasteiger partial charge in [0.2, 0.25) is 5.91 Å². The van der Waals surface area contributed by atoms with Gasteiger partial charge in [0.25, 0.3) is 5.69 Å². The number of hydrogen-bond donors (Lipinski definition) is 2. The number of anilines is 3. The summed E-state index contributed by atoms with van der Waals surface area (Å²) in [7, 11) is 0. The van der Waals surface area contributed by atoms with Crippen molar-refractivity contribution in [2.45, 2.75) is 6.92 Å². The summed E-state index contributed by atoms with van der Waals surface area (Å²) in [5.41, 5.74) is 2.40. The summed E-state index contributed by atoms with van der Waals surface area (Å²) in [6, 6.07) is 13.9. The number of nitrogens with zero attached hydrogens (tertiary/aromatic N) is 3. The number of nitro groups is 1. The zero-order valence-electron chi connectivity index (χ0n) is 15.9. The lowest BCUT2D eigenvalue weighted by atomic mass is 10.2. The molecule has 0 saturated carbocycles. The molecule has 0 aromatic heterocycles. The van der Waals surface area contributed by atoms with Gasteiger partial charge in [-0.1, -0.05) is 13.0 Å². The molecule has 1 heterocycles. The fourth-order valence-corrected chi connectivity index (χ4v) is 3.19. The Morgan fingerprint density at radius 3 is 2.43 bits per heavy atom. The first-order valence-corrected chi connectivity index (χ1v) is 9.40. The number of rotatable bonds is 7. The fourth-order valence-electron chi connectivity index (χ4n) is 3.19. The zero-order valence-corrected chi connectivity index (χ0v) is 15.9. The van der Waals surface area contributed by atoms with Gasteiger partial charge in [0.1, 0.15) is 0 Å². The summed E-state index contributed by atoms with van der Waals surface area (Å²) in [5, 5.41) is 16.5. The fraction of sp³-hybridized carbons (Fsp3) is 0.350. The molecule has 1 fully saturated rings. The molecule has 28 heavy (non-hydrogen) atoms. The first-order valence-electron chi connectivity index (χ1n) is 9.40. The number of nitrogens with one attached hydrogen (secondary N) is 2. The van der Waals surface area contributed by atoms with Crippen molar-refractivity contribution in [2.24, 2.45) is 0 Å². The van der Waals surface area contributed by atoms with Gasteiger partial charge in [-0.05, 0) is 36.9 Å². The molecule has 8 heteroatoms. The minimum Gasteiger partial charge on any atom is -0.376 e. The number of piperazine rings is 1. The Hall–Kier alpha value is -3.13. The number of benzene rings is 2. The highest BCUT2D eigenvalue weighted by Gasteiger charge is 2.15. The Labute approximate surface area is 164 Å². The van der Waals surface area contributed by atoms with Crippen molar-refractivity contribution < 1.29 is 9.72 Å². The molecular formula is C20H25N5O3. The van der Waals surface area contributed by atoms with E-state index in [1.807, 2.05) is 24.3 Å². The SMILES string of the molecule is CCN1CCN(c2ccc(NC(=O)CNc3cccc([N+](=O)[O-])c3)cc2)CC1. The van der Waals surface area contributed by atoms with Crippen LogP contribution in [0.4, 0.5) is 22.7 Å². The van der Waals surface area contributed by atoms with Crippen LogP contribution in [0.1, 0.15) is 6.92 Å². The van der Waals surface area contributed by atoms with Crippen molar-refractivity contribution in [3.63, 3.8) is 0 Å². The van der Waals surface area contributed by atoms with Crippen molar-refractivity contribution in [2.75, 3.05) is 54.8 Å². The molecule has 1 aliphatic rings. The average Bonchev–Trinajstić information content (AvgIpc) is 2.73. The molecule has 2 aromatic carbocycles. The summed E-state index contributed by atoms with van der Waals surface area (Å²) in [6.07, 6.45) is 0. The van der Waals surface area contributed by atoms with Gasteiger partial charge in [-0.2, -0.15) is 0 Å². The highest BCUT2D eigenvalue weighted by molar-refractivity contribution is 5.93. The minimum absolute atomic E-state index is 0.0132. The van der Waals surface area contributed by atoms with Gasteiger partial charge in [0.15, 0.2) is 0 Å². The molecule has 0 spiro atoms. The van der Waals surface area contributed by atoms with Gasteiger partial charge in [-0.15, -0.1) is 0 Å². The van der Waals surface area contributed by atoms with Gasteiger partial charge in [-0.25, -0.2) is 0 Å². The molecule has 1 amide bonds. The van der Waals surface area contributed by atoms with Crippen LogP contribution >= 0.6 is 0 Å². The Balaban J connectivity index is 1.49. The molecule has 1 saturated heterocycles. The van der Waals surface area contributed by atoms with E-state index in [-0.39, 0.29) is 18.1 Å². The lowest BCUT2D eigenvalue weighted by molar-refractivity contribution is -0.384. The Kier molecular flexibility index (Phi) is 6.44. The molecule has 2 aromatic rings. The van der Waals surface area contributed by atoms with Crippen LogP contribution < -0.4 is 15.5 Å². The first kappa shape index (κ1) is 19.6. The number of carbonyl (C=O) groups is 1. The van der Waals surface area contributed by atoms with Crippen molar-refractivity contribution >= 4 is 28.7 Å². The lowest BCUT2D eigenvalue weighted by Crippen LogP contribution is -2.46. The number of carbonyl (C=O) groups excluding carboxylic acids is 1. The molecule has 3 rings (SSSR count). The third kappa shape index (κ3) is 5.20. The van der Waals surface area contributed by atoms with Gasteiger partial charge in [0, 0.05) is 55.4 Å². The maximum atomic E-state index is 12.1.